The highest BCUT2D eigenvalue weighted by Crippen LogP contribution is 2.49. The van der Waals surface area contributed by atoms with Crippen LogP contribution in [0.5, 0.6) is 0 Å². The molecule has 0 saturated carbocycles. The van der Waals surface area contributed by atoms with Crippen LogP contribution in [0.2, 0.25) is 0 Å². The Bertz CT molecular complexity index is 3680. The van der Waals surface area contributed by atoms with E-state index in [1.807, 2.05) is 0 Å². The highest BCUT2D eigenvalue weighted by molar-refractivity contribution is 6.18. The minimum Gasteiger partial charge on any atom is -0.311 e. The summed E-state index contributed by atoms with van der Waals surface area (Å²) in [6.45, 7) is 0. The summed E-state index contributed by atoms with van der Waals surface area (Å²) in [4.78, 5) is 2.34. The number of fused-ring (bicyclic) bond motifs is 12. The zero-order chi connectivity index (χ0) is 40.0. The molecule has 61 heavy (non-hydrogen) atoms. The van der Waals surface area contributed by atoms with Crippen molar-refractivity contribution in [2.45, 2.75) is 0 Å². The second kappa shape index (κ2) is 13.2. The van der Waals surface area contributed by atoms with Crippen molar-refractivity contribution in [3.8, 4) is 44.8 Å². The van der Waals surface area contributed by atoms with Crippen molar-refractivity contribution in [1.29, 1.82) is 0 Å². The van der Waals surface area contributed by atoms with Gasteiger partial charge in [-0.1, -0.05) is 146 Å². The molecule has 0 aliphatic carbocycles. The van der Waals surface area contributed by atoms with Gasteiger partial charge in [0.1, 0.15) is 0 Å². The molecule has 0 atom stereocenters. The quantitative estimate of drug-likeness (QED) is 0.170. The normalized spacial score (nSPS) is 11.9. The van der Waals surface area contributed by atoms with Gasteiger partial charge in [-0.05, 0) is 112 Å². The Morgan fingerprint density at radius 1 is 0.295 bits per heavy atom. The second-order valence-electron chi connectivity index (χ2n) is 16.1. The van der Waals surface area contributed by atoms with Crippen LogP contribution in [0.4, 0.5) is 17.1 Å². The maximum Gasteiger partial charge on any atom is 0.0619 e. The largest absolute Gasteiger partial charge is 0.311 e. The SMILES string of the molecule is c1ccc(N(c2ccc(-c3ccc4ccccc4c3)cc2)c2ccc(-n3c4ccccc4c4cc5c(cc43)-c3ccccc3-c3cccc4c6ccccc6n-5c34)cc2)cc1. The van der Waals surface area contributed by atoms with E-state index < -0.39 is 0 Å². The highest BCUT2D eigenvalue weighted by atomic mass is 15.1. The summed E-state index contributed by atoms with van der Waals surface area (Å²) in [5.74, 6) is 0. The number of rotatable bonds is 5. The van der Waals surface area contributed by atoms with E-state index in [0.717, 1.165) is 22.7 Å². The topological polar surface area (TPSA) is 13.1 Å². The van der Waals surface area contributed by atoms with E-state index in [0.29, 0.717) is 0 Å². The van der Waals surface area contributed by atoms with E-state index in [4.69, 9.17) is 0 Å². The zero-order valence-electron chi connectivity index (χ0n) is 33.2. The van der Waals surface area contributed by atoms with E-state index in [-0.39, 0.29) is 0 Å². The van der Waals surface area contributed by atoms with Gasteiger partial charge in [0.05, 0.1) is 27.8 Å². The Labute approximate surface area is 353 Å². The average Bonchev–Trinajstić information content (AvgIpc) is 3.80. The van der Waals surface area contributed by atoms with Gasteiger partial charge in [-0.3, -0.25) is 0 Å². The lowest BCUT2D eigenvalue weighted by Crippen LogP contribution is -2.10. The van der Waals surface area contributed by atoms with Crippen molar-refractivity contribution in [3.63, 3.8) is 0 Å². The summed E-state index contributed by atoms with van der Waals surface area (Å²) in [5, 5.41) is 7.53. The summed E-state index contributed by atoms with van der Waals surface area (Å²) in [7, 11) is 0. The number of para-hydroxylation sites is 4. The molecular weight excluding hydrogens is 739 g/mol. The average molecular weight is 776 g/mol. The third-order valence-corrected chi connectivity index (χ3v) is 12.8. The number of nitrogens with zero attached hydrogens (tertiary/aromatic N) is 3. The molecule has 1 aliphatic heterocycles. The fraction of sp³-hybridized carbons (Fsp3) is 0. The van der Waals surface area contributed by atoms with Crippen molar-refractivity contribution in [2.24, 2.45) is 0 Å². The van der Waals surface area contributed by atoms with Crippen molar-refractivity contribution in [2.75, 3.05) is 4.90 Å². The number of anilines is 3. The van der Waals surface area contributed by atoms with E-state index >= 15 is 0 Å². The minimum absolute atomic E-state index is 1.10. The van der Waals surface area contributed by atoms with Crippen LogP contribution in [0, 0.1) is 0 Å². The van der Waals surface area contributed by atoms with Crippen LogP contribution in [0.3, 0.4) is 0 Å². The molecule has 10 aromatic carbocycles. The van der Waals surface area contributed by atoms with Gasteiger partial charge in [-0.25, -0.2) is 0 Å². The van der Waals surface area contributed by atoms with E-state index in [1.54, 1.807) is 0 Å². The Morgan fingerprint density at radius 3 is 1.62 bits per heavy atom. The highest BCUT2D eigenvalue weighted by Gasteiger charge is 2.26. The van der Waals surface area contributed by atoms with Crippen molar-refractivity contribution >= 4 is 71.4 Å². The molecule has 1 aliphatic rings. The predicted molar refractivity (Wildman–Crippen MR) is 257 cm³/mol. The van der Waals surface area contributed by atoms with Gasteiger partial charge in [0.15, 0.2) is 0 Å². The maximum atomic E-state index is 2.52. The fourth-order valence-electron chi connectivity index (χ4n) is 10.1. The summed E-state index contributed by atoms with van der Waals surface area (Å²) in [5.41, 5.74) is 17.9. The van der Waals surface area contributed by atoms with Crippen LogP contribution in [-0.4, -0.2) is 9.13 Å². The molecule has 3 heterocycles. The van der Waals surface area contributed by atoms with Gasteiger partial charge in [0.25, 0.3) is 0 Å². The van der Waals surface area contributed by atoms with Crippen LogP contribution in [0.15, 0.2) is 224 Å². The van der Waals surface area contributed by atoms with Gasteiger partial charge < -0.3 is 14.0 Å². The number of aromatic nitrogens is 2. The third kappa shape index (κ3) is 5.11. The van der Waals surface area contributed by atoms with Crippen LogP contribution in [0.25, 0.3) is 99.1 Å². The standard InChI is InChI=1S/C58H37N3/c1-2-15-42(16-3-1)59(43-29-27-39(28-30-43)41-26-25-38-13-4-5-14-40(38)35-41)44-31-33-45(34-32-44)60-54-23-10-9-20-49(54)53-37-57-52(36-56(53)60)47-18-7-6-17-46(47)50-21-12-22-51-48-19-8-11-24-55(48)61(57)58(50)51/h1-37H. The lowest BCUT2D eigenvalue weighted by molar-refractivity contribution is 1.17. The summed E-state index contributed by atoms with van der Waals surface area (Å²) < 4.78 is 4.96. The Kier molecular flexibility index (Phi) is 7.31. The molecule has 2 aromatic heterocycles. The van der Waals surface area contributed by atoms with Crippen LogP contribution in [0.1, 0.15) is 0 Å². The first-order valence-corrected chi connectivity index (χ1v) is 21.0. The number of hydrogen-bond donors (Lipinski definition) is 0. The summed E-state index contributed by atoms with van der Waals surface area (Å²) in [6, 6.07) is 82.3. The van der Waals surface area contributed by atoms with Crippen LogP contribution in [-0.2, 0) is 0 Å². The molecule has 3 heteroatoms. The molecule has 3 nitrogen and oxygen atoms in total. The van der Waals surface area contributed by atoms with Crippen molar-refractivity contribution in [3.05, 3.63) is 224 Å². The summed E-state index contributed by atoms with van der Waals surface area (Å²) >= 11 is 0. The lowest BCUT2D eigenvalue weighted by Gasteiger charge is -2.26. The fourth-order valence-corrected chi connectivity index (χ4v) is 10.1. The molecule has 13 rings (SSSR count). The molecule has 284 valence electrons. The van der Waals surface area contributed by atoms with Crippen molar-refractivity contribution < 1.29 is 0 Å². The third-order valence-electron chi connectivity index (χ3n) is 12.8. The predicted octanol–water partition coefficient (Wildman–Crippen LogP) is 15.8. The van der Waals surface area contributed by atoms with E-state index in [1.165, 1.54) is 93.5 Å². The molecular formula is C58H37N3. The van der Waals surface area contributed by atoms with Crippen molar-refractivity contribution in [1.82, 2.24) is 9.13 Å². The first-order valence-electron chi connectivity index (χ1n) is 21.0. The van der Waals surface area contributed by atoms with Gasteiger partial charge in [-0.15, -0.1) is 0 Å². The number of hydrogen-bond acceptors (Lipinski definition) is 1. The Morgan fingerprint density at radius 2 is 0.852 bits per heavy atom. The molecule has 0 saturated heterocycles. The molecule has 0 unspecified atom stereocenters. The Balaban J connectivity index is 0.970. The molecule has 12 aromatic rings. The molecule has 0 fully saturated rings. The summed E-state index contributed by atoms with van der Waals surface area (Å²) in [6.07, 6.45) is 0. The van der Waals surface area contributed by atoms with Gasteiger partial charge >= 0.3 is 0 Å². The first kappa shape index (κ1) is 33.8. The monoisotopic (exact) mass is 775 g/mol. The van der Waals surface area contributed by atoms with Crippen LogP contribution < -0.4 is 4.90 Å². The molecule has 0 spiro atoms. The zero-order valence-corrected chi connectivity index (χ0v) is 33.2. The van der Waals surface area contributed by atoms with E-state index in [2.05, 4.69) is 238 Å². The van der Waals surface area contributed by atoms with Gasteiger partial charge in [0.2, 0.25) is 0 Å². The Hall–Kier alpha value is -8.14. The van der Waals surface area contributed by atoms with Gasteiger partial charge in [0, 0.05) is 55.4 Å². The van der Waals surface area contributed by atoms with Crippen LogP contribution >= 0.6 is 0 Å². The number of benzene rings is 10. The maximum absolute atomic E-state index is 2.52. The molecule has 0 bridgehead atoms. The smallest absolute Gasteiger partial charge is 0.0619 e. The molecule has 0 amide bonds. The van der Waals surface area contributed by atoms with E-state index in [9.17, 15) is 0 Å². The minimum atomic E-state index is 1.10. The molecule has 0 N–H and O–H groups in total. The first-order chi connectivity index (χ1) is 30.3. The lowest BCUT2D eigenvalue weighted by atomic mass is 9.93. The van der Waals surface area contributed by atoms with Gasteiger partial charge in [-0.2, -0.15) is 0 Å². The second-order valence-corrected chi connectivity index (χ2v) is 16.1. The molecule has 0 radical (unpaired) electrons.